The Morgan fingerprint density at radius 3 is 2.78 bits per heavy atom. The number of carbonyl (C=O) groups excluding carboxylic acids is 1. The van der Waals surface area contributed by atoms with Crippen molar-refractivity contribution in [3.63, 3.8) is 0 Å². The van der Waals surface area contributed by atoms with E-state index in [0.717, 1.165) is 31.6 Å². The molecule has 0 saturated carbocycles. The smallest absolute Gasteiger partial charge is 0.263 e. The zero-order valence-corrected chi connectivity index (χ0v) is 15.1. The molecule has 2 atom stereocenters. The quantitative estimate of drug-likeness (QED) is 0.738. The van der Waals surface area contributed by atoms with Gasteiger partial charge < -0.3 is 20.5 Å². The molecule has 0 unspecified atom stereocenters. The van der Waals surface area contributed by atoms with Crippen molar-refractivity contribution in [2.24, 2.45) is 0 Å². The first-order valence-electron chi connectivity index (χ1n) is 7.72. The van der Waals surface area contributed by atoms with Gasteiger partial charge in [-0.1, -0.05) is 0 Å². The minimum Gasteiger partial charge on any atom is -0.388 e. The fourth-order valence-electron chi connectivity index (χ4n) is 3.50. The lowest BCUT2D eigenvalue weighted by Crippen LogP contribution is -2.69. The predicted molar refractivity (Wildman–Crippen MR) is 91.4 cm³/mol. The summed E-state index contributed by atoms with van der Waals surface area (Å²) in [6.07, 6.45) is 1.42. The number of hydrogen-bond donors (Lipinski definition) is 3. The first-order valence-corrected chi connectivity index (χ1v) is 8.60. The molecule has 3 heterocycles. The van der Waals surface area contributed by atoms with Gasteiger partial charge in [-0.05, 0) is 46.2 Å². The fourth-order valence-corrected chi connectivity index (χ4v) is 4.19. The molecule has 8 heteroatoms. The van der Waals surface area contributed by atoms with Gasteiger partial charge >= 0.3 is 0 Å². The highest BCUT2D eigenvalue weighted by Crippen LogP contribution is 2.38. The maximum Gasteiger partial charge on any atom is 0.263 e. The van der Waals surface area contributed by atoms with Gasteiger partial charge in [0.05, 0.1) is 22.3 Å². The molecule has 1 spiro atoms. The largest absolute Gasteiger partial charge is 0.388 e. The minimum absolute atomic E-state index is 0. The summed E-state index contributed by atoms with van der Waals surface area (Å²) in [6, 6.07) is 0. The third-order valence-corrected chi connectivity index (χ3v) is 5.84. The summed E-state index contributed by atoms with van der Waals surface area (Å²) in [5.41, 5.74) is 1.17. The van der Waals surface area contributed by atoms with Gasteiger partial charge in [-0.2, -0.15) is 0 Å². The number of nitrogens with one attached hydrogen (secondary N) is 2. The lowest BCUT2D eigenvalue weighted by molar-refractivity contribution is -0.197. The Hall–Kier alpha value is -0.730. The zero-order chi connectivity index (χ0) is 15.8. The van der Waals surface area contributed by atoms with E-state index in [1.165, 1.54) is 11.3 Å². The van der Waals surface area contributed by atoms with E-state index in [9.17, 15) is 9.90 Å². The van der Waals surface area contributed by atoms with Crippen LogP contribution in [0.25, 0.3) is 0 Å². The highest BCUT2D eigenvalue weighted by Gasteiger charge is 2.53. The second-order valence-electron chi connectivity index (χ2n) is 6.45. The maximum atomic E-state index is 12.5. The number of amides is 1. The number of thiazole rings is 1. The molecule has 1 amide bonds. The second-order valence-corrected chi connectivity index (χ2v) is 7.31. The molecule has 2 fully saturated rings. The van der Waals surface area contributed by atoms with E-state index in [4.69, 9.17) is 4.74 Å². The third-order valence-electron chi connectivity index (χ3n) is 4.91. The molecular formula is C15H24ClN3O3S. The number of ether oxygens (including phenoxy) is 1. The lowest BCUT2D eigenvalue weighted by atomic mass is 9.73. The Bertz CT molecular complexity index is 556. The van der Waals surface area contributed by atoms with Crippen LogP contribution < -0.4 is 10.6 Å². The molecule has 1 aromatic rings. The van der Waals surface area contributed by atoms with E-state index in [0.29, 0.717) is 17.9 Å². The summed E-state index contributed by atoms with van der Waals surface area (Å²) in [6.45, 7) is 5.94. The molecule has 0 radical (unpaired) electrons. The molecule has 3 N–H and O–H groups in total. The molecule has 23 heavy (non-hydrogen) atoms. The van der Waals surface area contributed by atoms with Gasteiger partial charge in [0.15, 0.2) is 0 Å². The average molecular weight is 362 g/mol. The Balaban J connectivity index is 0.00000192. The molecule has 3 rings (SSSR count). The van der Waals surface area contributed by atoms with E-state index in [2.05, 4.69) is 15.6 Å². The lowest BCUT2D eigenvalue weighted by Gasteiger charge is -2.52. The maximum absolute atomic E-state index is 12.5. The van der Waals surface area contributed by atoms with Crippen molar-refractivity contribution in [3.8, 4) is 0 Å². The molecule has 2 aliphatic heterocycles. The predicted octanol–water partition coefficient (Wildman–Crippen LogP) is 1.27. The highest BCUT2D eigenvalue weighted by molar-refractivity contribution is 7.11. The summed E-state index contributed by atoms with van der Waals surface area (Å²) in [5, 5.41) is 17.3. The van der Waals surface area contributed by atoms with Gasteiger partial charge in [0.2, 0.25) is 0 Å². The first-order chi connectivity index (χ1) is 10.5. The number of aliphatic hydroxyl groups excluding tert-OH is 1. The normalized spacial score (nSPS) is 29.8. The van der Waals surface area contributed by atoms with Crippen LogP contribution in [0, 0.1) is 6.92 Å². The zero-order valence-electron chi connectivity index (χ0n) is 13.4. The van der Waals surface area contributed by atoms with E-state index in [1.54, 1.807) is 5.51 Å². The summed E-state index contributed by atoms with van der Waals surface area (Å²) >= 11 is 1.33. The summed E-state index contributed by atoms with van der Waals surface area (Å²) in [4.78, 5) is 17.2. The van der Waals surface area contributed by atoms with Crippen molar-refractivity contribution in [3.05, 3.63) is 16.1 Å². The number of nitrogens with zero attached hydrogens (tertiary/aromatic N) is 1. The number of hydrogen-bond acceptors (Lipinski definition) is 6. The SMILES string of the molecule is Cc1ncsc1C(=O)N[C@]1(C)CCOC2(CCNCC2)[C@H]1O.Cl. The standard InChI is InChI=1S/C15H23N3O3S.ClH/c1-10-11(22-9-17-10)12(19)18-14(2)5-8-21-15(13(14)20)3-6-16-7-4-15;/h9,13,16,20H,3-8H2,1-2H3,(H,18,19);1H/t13-,14+;/m0./s1. The fraction of sp³-hybridized carbons (Fsp3) is 0.733. The Labute approximate surface area is 146 Å². The topological polar surface area (TPSA) is 83.5 Å². The van der Waals surface area contributed by atoms with Crippen LogP contribution in [0.15, 0.2) is 5.51 Å². The summed E-state index contributed by atoms with van der Waals surface area (Å²) < 4.78 is 5.96. The van der Waals surface area contributed by atoms with E-state index >= 15 is 0 Å². The van der Waals surface area contributed by atoms with E-state index in [1.807, 2.05) is 13.8 Å². The van der Waals surface area contributed by atoms with Crippen molar-refractivity contribution >= 4 is 29.7 Å². The van der Waals surface area contributed by atoms with Gasteiger partial charge in [-0.15, -0.1) is 23.7 Å². The van der Waals surface area contributed by atoms with Crippen LogP contribution >= 0.6 is 23.7 Å². The molecule has 130 valence electrons. The van der Waals surface area contributed by atoms with Crippen LogP contribution in [-0.2, 0) is 4.74 Å². The molecule has 0 aromatic carbocycles. The number of carbonyl (C=O) groups is 1. The average Bonchev–Trinajstić information content (AvgIpc) is 2.92. The van der Waals surface area contributed by atoms with Gasteiger partial charge in [0.25, 0.3) is 5.91 Å². The van der Waals surface area contributed by atoms with Crippen LogP contribution in [0.5, 0.6) is 0 Å². The highest BCUT2D eigenvalue weighted by atomic mass is 35.5. The molecule has 6 nitrogen and oxygen atoms in total. The molecule has 1 aromatic heterocycles. The molecule has 2 saturated heterocycles. The van der Waals surface area contributed by atoms with Crippen molar-refractivity contribution in [1.82, 2.24) is 15.6 Å². The van der Waals surface area contributed by atoms with Crippen molar-refractivity contribution in [1.29, 1.82) is 0 Å². The van der Waals surface area contributed by atoms with Gasteiger partial charge in [-0.25, -0.2) is 4.98 Å². The number of rotatable bonds is 2. The Morgan fingerprint density at radius 2 is 2.17 bits per heavy atom. The number of piperidine rings is 1. The van der Waals surface area contributed by atoms with Crippen molar-refractivity contribution in [2.45, 2.75) is 50.4 Å². The minimum atomic E-state index is -0.715. The summed E-state index contributed by atoms with van der Waals surface area (Å²) in [5.74, 6) is -0.160. The Kier molecular flexibility index (Phi) is 5.68. The van der Waals surface area contributed by atoms with Crippen LogP contribution in [0.3, 0.4) is 0 Å². The van der Waals surface area contributed by atoms with Crippen molar-refractivity contribution < 1.29 is 14.6 Å². The van der Waals surface area contributed by atoms with Crippen LogP contribution in [-0.4, -0.2) is 52.9 Å². The summed E-state index contributed by atoms with van der Waals surface area (Å²) in [7, 11) is 0. The van der Waals surface area contributed by atoms with Crippen LogP contribution in [0.1, 0.15) is 41.6 Å². The second kappa shape index (κ2) is 7.03. The first kappa shape index (κ1) is 18.6. The van der Waals surface area contributed by atoms with E-state index < -0.39 is 17.2 Å². The van der Waals surface area contributed by atoms with Crippen LogP contribution in [0.4, 0.5) is 0 Å². The third kappa shape index (κ3) is 3.39. The number of aryl methyl sites for hydroxylation is 1. The van der Waals surface area contributed by atoms with Gasteiger partial charge in [0.1, 0.15) is 11.0 Å². The molecule has 0 bridgehead atoms. The Morgan fingerprint density at radius 1 is 1.48 bits per heavy atom. The van der Waals surface area contributed by atoms with Gasteiger partial charge in [-0.3, -0.25) is 4.79 Å². The van der Waals surface area contributed by atoms with Crippen molar-refractivity contribution in [2.75, 3.05) is 19.7 Å². The van der Waals surface area contributed by atoms with Crippen LogP contribution in [0.2, 0.25) is 0 Å². The monoisotopic (exact) mass is 361 g/mol. The number of aliphatic hydroxyl groups is 1. The van der Waals surface area contributed by atoms with Gasteiger partial charge in [0, 0.05) is 6.61 Å². The molecule has 0 aliphatic carbocycles. The molecule has 2 aliphatic rings. The number of aromatic nitrogens is 1. The molecular weight excluding hydrogens is 338 g/mol. The van der Waals surface area contributed by atoms with E-state index in [-0.39, 0.29) is 18.3 Å². The number of halogens is 1.